The zero-order valence-corrected chi connectivity index (χ0v) is 10.4. The fraction of sp³-hybridized carbons (Fsp3) is 0.417. The Morgan fingerprint density at radius 2 is 2.11 bits per heavy atom. The van der Waals surface area contributed by atoms with Gasteiger partial charge in [0.15, 0.2) is 5.82 Å². The number of halogens is 1. The summed E-state index contributed by atoms with van der Waals surface area (Å²) in [4.78, 5) is 10.3. The highest BCUT2D eigenvalue weighted by atomic mass is 19.1. The van der Waals surface area contributed by atoms with Crippen molar-refractivity contribution in [3.8, 4) is 11.4 Å². The van der Waals surface area contributed by atoms with Crippen LogP contribution in [0.1, 0.15) is 12.8 Å². The number of aromatic amines is 1. The molecular formula is C12H15FN6. The lowest BCUT2D eigenvalue weighted by Gasteiger charge is -2.28. The molecule has 1 aliphatic heterocycles. The predicted molar refractivity (Wildman–Crippen MR) is 69.0 cm³/mol. The summed E-state index contributed by atoms with van der Waals surface area (Å²) < 4.78 is 13.1. The molecule has 2 aromatic heterocycles. The molecular weight excluding hydrogens is 247 g/mol. The highest BCUT2D eigenvalue weighted by Crippen LogP contribution is 2.19. The Morgan fingerprint density at radius 3 is 2.84 bits per heavy atom. The third kappa shape index (κ3) is 2.55. The number of nitrogens with two attached hydrogens (primary N) is 1. The van der Waals surface area contributed by atoms with Crippen molar-refractivity contribution >= 4 is 5.95 Å². The predicted octanol–water partition coefficient (Wildman–Crippen LogP) is 0.933. The first-order valence-corrected chi connectivity index (χ1v) is 6.26. The lowest BCUT2D eigenvalue weighted by Crippen LogP contribution is -2.40. The van der Waals surface area contributed by atoms with E-state index in [9.17, 15) is 4.39 Å². The minimum absolute atomic E-state index is 0.266. The van der Waals surface area contributed by atoms with Gasteiger partial charge in [0.05, 0.1) is 6.20 Å². The van der Waals surface area contributed by atoms with Gasteiger partial charge in [0.2, 0.25) is 5.95 Å². The van der Waals surface area contributed by atoms with Crippen molar-refractivity contribution < 1.29 is 4.39 Å². The van der Waals surface area contributed by atoms with E-state index in [0.29, 0.717) is 17.3 Å². The summed E-state index contributed by atoms with van der Waals surface area (Å²) in [5, 5.41) is 6.99. The molecule has 7 heteroatoms. The van der Waals surface area contributed by atoms with Gasteiger partial charge in [-0.2, -0.15) is 4.98 Å². The topological polar surface area (TPSA) is 83.7 Å². The van der Waals surface area contributed by atoms with E-state index in [0.717, 1.165) is 32.1 Å². The number of aromatic nitrogens is 4. The smallest absolute Gasteiger partial charge is 0.245 e. The molecule has 3 rings (SSSR count). The van der Waals surface area contributed by atoms with Gasteiger partial charge < -0.3 is 10.6 Å². The van der Waals surface area contributed by atoms with Crippen LogP contribution >= 0.6 is 0 Å². The molecule has 19 heavy (non-hydrogen) atoms. The van der Waals surface area contributed by atoms with E-state index in [1.165, 1.54) is 6.07 Å². The second-order valence-electron chi connectivity index (χ2n) is 4.70. The summed E-state index contributed by atoms with van der Waals surface area (Å²) in [5.74, 6) is 0.766. The molecule has 0 amide bonds. The average molecular weight is 262 g/mol. The monoisotopic (exact) mass is 262 g/mol. The van der Waals surface area contributed by atoms with E-state index in [-0.39, 0.29) is 11.9 Å². The SMILES string of the molecule is NC1CCN(c2n[nH]c(-c3cncc(F)c3)n2)CC1. The van der Waals surface area contributed by atoms with Crippen molar-refractivity contribution in [2.75, 3.05) is 18.0 Å². The Kier molecular flexibility index (Phi) is 3.12. The van der Waals surface area contributed by atoms with E-state index >= 15 is 0 Å². The highest BCUT2D eigenvalue weighted by molar-refractivity contribution is 5.54. The number of hydrogen-bond donors (Lipinski definition) is 2. The Balaban J connectivity index is 1.80. The van der Waals surface area contributed by atoms with Crippen LogP contribution in [0, 0.1) is 5.82 Å². The summed E-state index contributed by atoms with van der Waals surface area (Å²) in [6.07, 6.45) is 4.59. The number of nitrogens with one attached hydrogen (secondary N) is 1. The lowest BCUT2D eigenvalue weighted by atomic mass is 10.1. The zero-order chi connectivity index (χ0) is 13.2. The Hall–Kier alpha value is -2.02. The molecule has 0 spiro atoms. The molecule has 3 heterocycles. The third-order valence-electron chi connectivity index (χ3n) is 3.27. The van der Waals surface area contributed by atoms with Crippen LogP contribution < -0.4 is 10.6 Å². The van der Waals surface area contributed by atoms with Crippen LogP contribution in [0.4, 0.5) is 10.3 Å². The molecule has 0 atom stereocenters. The van der Waals surface area contributed by atoms with Gasteiger partial charge in [0.25, 0.3) is 0 Å². The van der Waals surface area contributed by atoms with Crippen molar-refractivity contribution in [3.05, 3.63) is 24.3 Å². The number of hydrogen-bond acceptors (Lipinski definition) is 5. The van der Waals surface area contributed by atoms with Gasteiger partial charge >= 0.3 is 0 Å². The number of rotatable bonds is 2. The summed E-state index contributed by atoms with van der Waals surface area (Å²) in [5.41, 5.74) is 6.45. The summed E-state index contributed by atoms with van der Waals surface area (Å²) >= 11 is 0. The molecule has 0 aromatic carbocycles. The first-order valence-electron chi connectivity index (χ1n) is 6.26. The van der Waals surface area contributed by atoms with Gasteiger partial charge in [-0.1, -0.05) is 0 Å². The van der Waals surface area contributed by atoms with E-state index in [1.54, 1.807) is 6.20 Å². The van der Waals surface area contributed by atoms with Crippen molar-refractivity contribution in [1.82, 2.24) is 20.2 Å². The average Bonchev–Trinajstić information content (AvgIpc) is 2.89. The molecule has 0 unspecified atom stereocenters. The van der Waals surface area contributed by atoms with Crippen LogP contribution in [0.3, 0.4) is 0 Å². The van der Waals surface area contributed by atoms with Crippen LogP contribution in [0.5, 0.6) is 0 Å². The second kappa shape index (κ2) is 4.93. The van der Waals surface area contributed by atoms with E-state index in [1.807, 2.05) is 0 Å². The van der Waals surface area contributed by atoms with Crippen molar-refractivity contribution in [1.29, 1.82) is 0 Å². The summed E-state index contributed by atoms with van der Waals surface area (Å²) in [6.45, 7) is 1.69. The molecule has 0 radical (unpaired) electrons. The largest absolute Gasteiger partial charge is 0.339 e. The quantitative estimate of drug-likeness (QED) is 0.841. The normalized spacial score (nSPS) is 16.8. The minimum Gasteiger partial charge on any atom is -0.339 e. The number of piperidine rings is 1. The van der Waals surface area contributed by atoms with Gasteiger partial charge in [-0.25, -0.2) is 4.39 Å². The maximum atomic E-state index is 13.1. The molecule has 2 aromatic rings. The van der Waals surface area contributed by atoms with Gasteiger partial charge in [-0.3, -0.25) is 10.1 Å². The lowest BCUT2D eigenvalue weighted by molar-refractivity contribution is 0.496. The maximum Gasteiger partial charge on any atom is 0.245 e. The number of pyridine rings is 1. The van der Waals surface area contributed by atoms with Crippen LogP contribution in [0.15, 0.2) is 18.5 Å². The van der Waals surface area contributed by atoms with Crippen LogP contribution in [-0.4, -0.2) is 39.3 Å². The molecule has 6 nitrogen and oxygen atoms in total. The summed E-state index contributed by atoms with van der Waals surface area (Å²) in [7, 11) is 0. The van der Waals surface area contributed by atoms with Gasteiger partial charge in [0.1, 0.15) is 5.82 Å². The number of H-pyrrole nitrogens is 1. The Labute approximate surface area is 109 Å². The summed E-state index contributed by atoms with van der Waals surface area (Å²) in [6, 6.07) is 1.64. The molecule has 3 N–H and O–H groups in total. The first kappa shape index (κ1) is 12.0. The highest BCUT2D eigenvalue weighted by Gasteiger charge is 2.19. The van der Waals surface area contributed by atoms with Gasteiger partial charge in [-0.05, 0) is 18.9 Å². The third-order valence-corrected chi connectivity index (χ3v) is 3.27. The minimum atomic E-state index is -0.389. The molecule has 100 valence electrons. The maximum absolute atomic E-state index is 13.1. The zero-order valence-electron chi connectivity index (χ0n) is 10.4. The standard InChI is InChI=1S/C12H15FN6/c13-9-5-8(6-15-7-9)11-16-12(18-17-11)19-3-1-10(14)2-4-19/h5-7,10H,1-4,14H2,(H,16,17,18). The van der Waals surface area contributed by atoms with Crippen molar-refractivity contribution in [2.45, 2.75) is 18.9 Å². The Morgan fingerprint density at radius 1 is 1.32 bits per heavy atom. The van der Waals surface area contributed by atoms with Gasteiger partial charge in [0, 0.05) is 30.9 Å². The molecule has 0 saturated carbocycles. The molecule has 1 aliphatic rings. The van der Waals surface area contributed by atoms with E-state index < -0.39 is 0 Å². The van der Waals surface area contributed by atoms with E-state index in [2.05, 4.69) is 25.1 Å². The molecule has 1 saturated heterocycles. The fourth-order valence-electron chi connectivity index (χ4n) is 2.16. The Bertz CT molecular complexity index is 561. The van der Waals surface area contributed by atoms with Crippen molar-refractivity contribution in [3.63, 3.8) is 0 Å². The van der Waals surface area contributed by atoms with Crippen molar-refractivity contribution in [2.24, 2.45) is 5.73 Å². The molecule has 1 fully saturated rings. The number of nitrogens with zero attached hydrogens (tertiary/aromatic N) is 4. The molecule has 0 aliphatic carbocycles. The molecule has 0 bridgehead atoms. The van der Waals surface area contributed by atoms with Crippen LogP contribution in [0.25, 0.3) is 11.4 Å². The van der Waals surface area contributed by atoms with Gasteiger partial charge in [-0.15, -0.1) is 5.10 Å². The van der Waals surface area contributed by atoms with E-state index in [4.69, 9.17) is 5.73 Å². The number of anilines is 1. The fourth-order valence-corrected chi connectivity index (χ4v) is 2.16. The van der Waals surface area contributed by atoms with Crippen LogP contribution in [-0.2, 0) is 0 Å². The van der Waals surface area contributed by atoms with Crippen LogP contribution in [0.2, 0.25) is 0 Å². The second-order valence-corrected chi connectivity index (χ2v) is 4.70. The first-order chi connectivity index (χ1) is 9.22.